The van der Waals surface area contributed by atoms with Crippen LogP contribution in [0, 0.1) is 0 Å². The molecule has 1 heterocycles. The van der Waals surface area contributed by atoms with Crippen molar-refractivity contribution in [3.05, 3.63) is 42.5 Å². The monoisotopic (exact) mass is 279 g/mol. The normalized spacial score (nSPS) is 15.0. The summed E-state index contributed by atoms with van der Waals surface area (Å²) in [4.78, 5) is 2.32. The summed E-state index contributed by atoms with van der Waals surface area (Å²) in [5, 5.41) is 3.33. The standard InChI is InChI=1S/C16H18BN3O/c17-12-4-5-15(18)16(10-12)19-13-2-1-3-14(11-13)20-6-8-21-9-7-20/h1-5,10-11,19H,6-9,18H2. The second-order valence-electron chi connectivity index (χ2n) is 5.12. The highest BCUT2D eigenvalue weighted by Crippen LogP contribution is 2.25. The van der Waals surface area contributed by atoms with E-state index in [4.69, 9.17) is 18.3 Å². The molecule has 106 valence electrons. The average molecular weight is 279 g/mol. The van der Waals surface area contributed by atoms with Crippen LogP contribution in [0.25, 0.3) is 0 Å². The van der Waals surface area contributed by atoms with Gasteiger partial charge in [0.25, 0.3) is 0 Å². The van der Waals surface area contributed by atoms with Gasteiger partial charge in [0.2, 0.25) is 0 Å². The molecule has 2 aromatic carbocycles. The van der Waals surface area contributed by atoms with Crippen LogP contribution >= 0.6 is 0 Å². The molecule has 0 bridgehead atoms. The van der Waals surface area contributed by atoms with Crippen LogP contribution in [0.3, 0.4) is 0 Å². The largest absolute Gasteiger partial charge is 0.397 e. The van der Waals surface area contributed by atoms with Gasteiger partial charge in [0.1, 0.15) is 7.85 Å². The topological polar surface area (TPSA) is 50.5 Å². The van der Waals surface area contributed by atoms with Gasteiger partial charge in [0.05, 0.1) is 24.6 Å². The molecule has 4 nitrogen and oxygen atoms in total. The van der Waals surface area contributed by atoms with Crippen molar-refractivity contribution in [2.45, 2.75) is 0 Å². The van der Waals surface area contributed by atoms with Gasteiger partial charge in [-0.2, -0.15) is 0 Å². The molecule has 0 amide bonds. The molecule has 0 saturated carbocycles. The van der Waals surface area contributed by atoms with Gasteiger partial charge in [-0.15, -0.1) is 0 Å². The lowest BCUT2D eigenvalue weighted by molar-refractivity contribution is 0.122. The number of rotatable bonds is 3. The van der Waals surface area contributed by atoms with Crippen LogP contribution in [0.15, 0.2) is 42.5 Å². The first-order chi connectivity index (χ1) is 10.2. The number of morpholine rings is 1. The maximum atomic E-state index is 5.97. The Morgan fingerprint density at radius 2 is 1.90 bits per heavy atom. The van der Waals surface area contributed by atoms with Gasteiger partial charge >= 0.3 is 0 Å². The lowest BCUT2D eigenvalue weighted by atomic mass is 9.95. The van der Waals surface area contributed by atoms with Crippen molar-refractivity contribution in [1.29, 1.82) is 0 Å². The maximum absolute atomic E-state index is 5.97. The fourth-order valence-corrected chi connectivity index (χ4v) is 2.44. The van der Waals surface area contributed by atoms with Crippen molar-refractivity contribution in [3.8, 4) is 0 Å². The summed E-state index contributed by atoms with van der Waals surface area (Å²) in [6.45, 7) is 3.40. The molecule has 0 unspecified atom stereocenters. The van der Waals surface area contributed by atoms with Crippen LogP contribution in [0.4, 0.5) is 22.7 Å². The van der Waals surface area contributed by atoms with Crippen molar-refractivity contribution >= 4 is 36.1 Å². The van der Waals surface area contributed by atoms with Gasteiger partial charge in [0, 0.05) is 24.5 Å². The van der Waals surface area contributed by atoms with Gasteiger partial charge < -0.3 is 20.7 Å². The van der Waals surface area contributed by atoms with Crippen LogP contribution in [-0.2, 0) is 4.74 Å². The molecule has 21 heavy (non-hydrogen) atoms. The number of nitrogen functional groups attached to an aromatic ring is 1. The third-order valence-electron chi connectivity index (χ3n) is 3.58. The molecule has 1 fully saturated rings. The van der Waals surface area contributed by atoms with E-state index in [-0.39, 0.29) is 0 Å². The van der Waals surface area contributed by atoms with Gasteiger partial charge in [-0.25, -0.2) is 0 Å². The van der Waals surface area contributed by atoms with Crippen molar-refractivity contribution in [2.75, 3.05) is 42.3 Å². The minimum atomic E-state index is 0.681. The maximum Gasteiger partial charge on any atom is 0.113 e. The van der Waals surface area contributed by atoms with E-state index in [2.05, 4.69) is 22.3 Å². The zero-order valence-corrected chi connectivity index (χ0v) is 11.9. The molecule has 1 saturated heterocycles. The minimum Gasteiger partial charge on any atom is -0.397 e. The highest BCUT2D eigenvalue weighted by molar-refractivity contribution is 6.32. The molecule has 1 aliphatic heterocycles. The van der Waals surface area contributed by atoms with Crippen LogP contribution in [0.5, 0.6) is 0 Å². The van der Waals surface area contributed by atoms with E-state index < -0.39 is 0 Å². The predicted octanol–water partition coefficient (Wildman–Crippen LogP) is 1.64. The predicted molar refractivity (Wildman–Crippen MR) is 89.0 cm³/mol. The number of anilines is 4. The van der Waals surface area contributed by atoms with Crippen molar-refractivity contribution in [3.63, 3.8) is 0 Å². The molecular formula is C16H18BN3O. The molecule has 0 aliphatic carbocycles. The fraction of sp³-hybridized carbons (Fsp3) is 0.250. The smallest absolute Gasteiger partial charge is 0.113 e. The van der Waals surface area contributed by atoms with E-state index in [1.54, 1.807) is 6.07 Å². The lowest BCUT2D eigenvalue weighted by Crippen LogP contribution is -2.36. The first kappa shape index (κ1) is 13.8. The Balaban J connectivity index is 1.81. The van der Waals surface area contributed by atoms with E-state index >= 15 is 0 Å². The van der Waals surface area contributed by atoms with Crippen molar-refractivity contribution in [2.24, 2.45) is 0 Å². The van der Waals surface area contributed by atoms with Gasteiger partial charge in [-0.1, -0.05) is 17.6 Å². The quantitative estimate of drug-likeness (QED) is 0.662. The van der Waals surface area contributed by atoms with E-state index in [0.717, 1.165) is 37.7 Å². The van der Waals surface area contributed by atoms with E-state index in [0.29, 0.717) is 11.2 Å². The zero-order chi connectivity index (χ0) is 14.7. The summed E-state index contributed by atoms with van der Waals surface area (Å²) in [5.41, 5.74) is 10.4. The van der Waals surface area contributed by atoms with E-state index in [9.17, 15) is 0 Å². The first-order valence-electron chi connectivity index (χ1n) is 7.07. The Morgan fingerprint density at radius 3 is 2.71 bits per heavy atom. The van der Waals surface area contributed by atoms with Gasteiger partial charge in [-0.05, 0) is 30.3 Å². The Hall–Kier alpha value is -2.14. The van der Waals surface area contributed by atoms with Crippen LogP contribution in [-0.4, -0.2) is 34.1 Å². The molecule has 0 spiro atoms. The number of benzene rings is 2. The molecule has 5 heteroatoms. The third kappa shape index (κ3) is 3.31. The van der Waals surface area contributed by atoms with E-state index in [1.165, 1.54) is 5.69 Å². The molecule has 0 atom stereocenters. The van der Waals surface area contributed by atoms with Gasteiger partial charge in [0.15, 0.2) is 0 Å². The Bertz CT molecular complexity index is 627. The van der Waals surface area contributed by atoms with Crippen LogP contribution in [0.1, 0.15) is 0 Å². The first-order valence-corrected chi connectivity index (χ1v) is 7.07. The number of hydrogen-bond acceptors (Lipinski definition) is 4. The molecule has 1 aliphatic rings. The molecular weight excluding hydrogens is 261 g/mol. The number of nitrogens with one attached hydrogen (secondary N) is 1. The third-order valence-corrected chi connectivity index (χ3v) is 3.58. The summed E-state index contributed by atoms with van der Waals surface area (Å²) >= 11 is 0. The molecule has 2 radical (unpaired) electrons. The Labute approximate surface area is 126 Å². The highest BCUT2D eigenvalue weighted by Gasteiger charge is 2.11. The summed E-state index contributed by atoms with van der Waals surface area (Å²) in [7, 11) is 5.81. The second-order valence-corrected chi connectivity index (χ2v) is 5.12. The molecule has 0 aromatic heterocycles. The molecule has 3 rings (SSSR count). The number of nitrogens with two attached hydrogens (primary N) is 1. The van der Waals surface area contributed by atoms with Crippen LogP contribution < -0.4 is 21.4 Å². The average Bonchev–Trinajstić information content (AvgIpc) is 2.52. The zero-order valence-electron chi connectivity index (χ0n) is 11.9. The second kappa shape index (κ2) is 6.10. The lowest BCUT2D eigenvalue weighted by Gasteiger charge is -2.29. The van der Waals surface area contributed by atoms with Crippen LogP contribution in [0.2, 0.25) is 0 Å². The van der Waals surface area contributed by atoms with E-state index in [1.807, 2.05) is 24.3 Å². The van der Waals surface area contributed by atoms with Crippen molar-refractivity contribution < 1.29 is 4.74 Å². The fourth-order valence-electron chi connectivity index (χ4n) is 2.44. The Kier molecular flexibility index (Phi) is 4.02. The minimum absolute atomic E-state index is 0.681. The summed E-state index contributed by atoms with van der Waals surface area (Å²) in [5.74, 6) is 0. The summed E-state index contributed by atoms with van der Waals surface area (Å²) < 4.78 is 5.39. The summed E-state index contributed by atoms with van der Waals surface area (Å²) in [6.07, 6.45) is 0. The highest BCUT2D eigenvalue weighted by atomic mass is 16.5. The van der Waals surface area contributed by atoms with Gasteiger partial charge in [-0.3, -0.25) is 0 Å². The number of ether oxygens (including phenoxy) is 1. The number of hydrogen-bond donors (Lipinski definition) is 2. The SMILES string of the molecule is [B]c1ccc(N)c(Nc2cccc(N3CCOCC3)c2)c1. The molecule has 2 aromatic rings. The molecule has 3 N–H and O–H groups in total. The Morgan fingerprint density at radius 1 is 1.10 bits per heavy atom. The van der Waals surface area contributed by atoms with Crippen molar-refractivity contribution in [1.82, 2.24) is 0 Å². The summed E-state index contributed by atoms with van der Waals surface area (Å²) in [6, 6.07) is 13.7. The number of nitrogens with zero attached hydrogens (tertiary/aromatic N) is 1.